The van der Waals surface area contributed by atoms with E-state index in [-0.39, 0.29) is 6.42 Å². The van der Waals surface area contributed by atoms with Crippen LogP contribution in [-0.4, -0.2) is 11.1 Å². The first-order chi connectivity index (χ1) is 10.8. The highest BCUT2D eigenvalue weighted by Crippen LogP contribution is 2.07. The normalized spacial score (nSPS) is 12.0. The summed E-state index contributed by atoms with van der Waals surface area (Å²) in [5.74, 6) is -0.695. The molecule has 22 heavy (non-hydrogen) atoms. The van der Waals surface area contributed by atoms with Gasteiger partial charge in [0.25, 0.3) is 0 Å². The van der Waals surface area contributed by atoms with Gasteiger partial charge in [-0.3, -0.25) is 4.79 Å². The molecule has 0 atom stereocenters. The molecule has 0 aromatic heterocycles. The standard InChI is InChI=1S/C20H34O2/c1-2-3-4-5-6-7-8-9-10-11-12-13-14-15-16-17-18-19-20(21)22/h4-5,7-8,15-16H,2-3,6,9-14,17-19H2,1H3,(H,21,22). The summed E-state index contributed by atoms with van der Waals surface area (Å²) >= 11 is 0. The van der Waals surface area contributed by atoms with Gasteiger partial charge in [-0.15, -0.1) is 0 Å². The van der Waals surface area contributed by atoms with E-state index >= 15 is 0 Å². The van der Waals surface area contributed by atoms with E-state index in [0.717, 1.165) is 25.7 Å². The molecular weight excluding hydrogens is 272 g/mol. The van der Waals surface area contributed by atoms with Crippen molar-refractivity contribution in [3.05, 3.63) is 36.5 Å². The van der Waals surface area contributed by atoms with Crippen LogP contribution in [0.25, 0.3) is 0 Å². The topological polar surface area (TPSA) is 37.3 Å². The second-order valence-corrected chi connectivity index (χ2v) is 5.72. The summed E-state index contributed by atoms with van der Waals surface area (Å²) in [5.41, 5.74) is 0. The Labute approximate surface area is 137 Å². The third-order valence-electron chi connectivity index (χ3n) is 3.48. The maximum absolute atomic E-state index is 10.3. The predicted octanol–water partition coefficient (Wildman–Crippen LogP) is 6.44. The zero-order chi connectivity index (χ0) is 16.3. The lowest BCUT2D eigenvalue weighted by atomic mass is 10.1. The van der Waals surface area contributed by atoms with E-state index in [0.29, 0.717) is 0 Å². The second-order valence-electron chi connectivity index (χ2n) is 5.72. The number of unbranched alkanes of at least 4 members (excludes halogenated alkanes) is 7. The van der Waals surface area contributed by atoms with Crippen molar-refractivity contribution < 1.29 is 9.90 Å². The van der Waals surface area contributed by atoms with Crippen LogP contribution < -0.4 is 0 Å². The second kappa shape index (κ2) is 17.7. The largest absolute Gasteiger partial charge is 0.481 e. The Hall–Kier alpha value is -1.31. The smallest absolute Gasteiger partial charge is 0.303 e. The van der Waals surface area contributed by atoms with Gasteiger partial charge in [0.1, 0.15) is 0 Å². The van der Waals surface area contributed by atoms with E-state index < -0.39 is 5.97 Å². The molecule has 0 heterocycles. The monoisotopic (exact) mass is 306 g/mol. The van der Waals surface area contributed by atoms with Crippen molar-refractivity contribution in [2.75, 3.05) is 0 Å². The van der Waals surface area contributed by atoms with Gasteiger partial charge >= 0.3 is 5.97 Å². The van der Waals surface area contributed by atoms with Gasteiger partial charge < -0.3 is 5.11 Å². The SMILES string of the molecule is CCCC=CCC=CCCCCCCC=CCCCC(=O)O. The number of carboxylic acids is 1. The fourth-order valence-corrected chi connectivity index (χ4v) is 2.16. The summed E-state index contributed by atoms with van der Waals surface area (Å²) in [6, 6.07) is 0. The third-order valence-corrected chi connectivity index (χ3v) is 3.48. The number of allylic oxidation sites excluding steroid dienone is 6. The molecule has 2 heteroatoms. The summed E-state index contributed by atoms with van der Waals surface area (Å²) in [4.78, 5) is 10.3. The highest BCUT2D eigenvalue weighted by Gasteiger charge is 1.93. The fraction of sp³-hybridized carbons (Fsp3) is 0.650. The quantitative estimate of drug-likeness (QED) is 0.279. The van der Waals surface area contributed by atoms with Crippen molar-refractivity contribution in [1.29, 1.82) is 0 Å². The minimum atomic E-state index is -0.695. The Balaban J connectivity index is 3.21. The number of rotatable bonds is 15. The lowest BCUT2D eigenvalue weighted by Crippen LogP contribution is -1.92. The molecule has 0 aliphatic rings. The summed E-state index contributed by atoms with van der Waals surface area (Å²) in [7, 11) is 0. The van der Waals surface area contributed by atoms with E-state index in [2.05, 4.69) is 43.4 Å². The first-order valence-corrected chi connectivity index (χ1v) is 8.94. The first kappa shape index (κ1) is 20.7. The van der Waals surface area contributed by atoms with Gasteiger partial charge in [-0.2, -0.15) is 0 Å². The molecule has 0 aromatic rings. The summed E-state index contributed by atoms with van der Waals surface area (Å²) in [6.45, 7) is 2.20. The van der Waals surface area contributed by atoms with Crippen molar-refractivity contribution in [1.82, 2.24) is 0 Å². The van der Waals surface area contributed by atoms with Crippen LogP contribution in [0.1, 0.15) is 84.0 Å². The Morgan fingerprint density at radius 2 is 1.23 bits per heavy atom. The van der Waals surface area contributed by atoms with Crippen molar-refractivity contribution in [3.63, 3.8) is 0 Å². The van der Waals surface area contributed by atoms with Gasteiger partial charge in [-0.1, -0.05) is 62.6 Å². The third kappa shape index (κ3) is 18.7. The van der Waals surface area contributed by atoms with Crippen molar-refractivity contribution >= 4 is 5.97 Å². The Morgan fingerprint density at radius 1 is 0.727 bits per heavy atom. The number of carboxylic acid groups (broad SMARTS) is 1. The average molecular weight is 306 g/mol. The van der Waals surface area contributed by atoms with Crippen LogP contribution in [0.3, 0.4) is 0 Å². The van der Waals surface area contributed by atoms with Crippen LogP contribution in [0.5, 0.6) is 0 Å². The van der Waals surface area contributed by atoms with Crippen molar-refractivity contribution in [3.8, 4) is 0 Å². The summed E-state index contributed by atoms with van der Waals surface area (Å²) < 4.78 is 0. The Bertz CT molecular complexity index is 327. The summed E-state index contributed by atoms with van der Waals surface area (Å²) in [6.07, 6.45) is 26.3. The number of hydrogen-bond donors (Lipinski definition) is 1. The maximum Gasteiger partial charge on any atom is 0.303 e. The molecule has 0 spiro atoms. The van der Waals surface area contributed by atoms with E-state index in [4.69, 9.17) is 5.11 Å². The lowest BCUT2D eigenvalue weighted by Gasteiger charge is -1.97. The van der Waals surface area contributed by atoms with Crippen molar-refractivity contribution in [2.24, 2.45) is 0 Å². The molecule has 0 aliphatic carbocycles. The first-order valence-electron chi connectivity index (χ1n) is 8.94. The molecule has 2 nitrogen and oxygen atoms in total. The van der Waals surface area contributed by atoms with Gasteiger partial charge in [0.15, 0.2) is 0 Å². The molecule has 0 bridgehead atoms. The van der Waals surface area contributed by atoms with Gasteiger partial charge in [0, 0.05) is 6.42 Å². The highest BCUT2D eigenvalue weighted by atomic mass is 16.4. The Kier molecular flexibility index (Phi) is 16.7. The van der Waals surface area contributed by atoms with Crippen LogP contribution in [0, 0.1) is 0 Å². The molecule has 0 unspecified atom stereocenters. The molecule has 0 aromatic carbocycles. The van der Waals surface area contributed by atoms with Crippen LogP contribution >= 0.6 is 0 Å². The van der Waals surface area contributed by atoms with Gasteiger partial charge in [0.05, 0.1) is 0 Å². The van der Waals surface area contributed by atoms with Crippen molar-refractivity contribution in [2.45, 2.75) is 84.0 Å². The molecule has 0 rings (SSSR count). The van der Waals surface area contributed by atoms with Crippen LogP contribution in [-0.2, 0) is 4.79 Å². The average Bonchev–Trinajstić information content (AvgIpc) is 2.50. The molecular formula is C20H34O2. The zero-order valence-electron chi connectivity index (χ0n) is 14.3. The highest BCUT2D eigenvalue weighted by molar-refractivity contribution is 5.66. The van der Waals surface area contributed by atoms with E-state index in [1.54, 1.807) is 0 Å². The van der Waals surface area contributed by atoms with E-state index in [9.17, 15) is 4.79 Å². The van der Waals surface area contributed by atoms with Gasteiger partial charge in [0.2, 0.25) is 0 Å². The van der Waals surface area contributed by atoms with Gasteiger partial charge in [-0.25, -0.2) is 0 Å². The number of aliphatic carboxylic acids is 1. The molecule has 1 N–H and O–H groups in total. The minimum absolute atomic E-state index is 0.284. The molecule has 0 saturated heterocycles. The fourth-order valence-electron chi connectivity index (χ4n) is 2.16. The molecule has 126 valence electrons. The molecule has 0 amide bonds. The molecule has 0 fully saturated rings. The van der Waals surface area contributed by atoms with Crippen LogP contribution in [0.2, 0.25) is 0 Å². The number of carbonyl (C=O) groups is 1. The number of hydrogen-bond acceptors (Lipinski definition) is 1. The van der Waals surface area contributed by atoms with Crippen LogP contribution in [0.15, 0.2) is 36.5 Å². The molecule has 0 saturated carbocycles. The minimum Gasteiger partial charge on any atom is -0.481 e. The van der Waals surface area contributed by atoms with E-state index in [1.165, 1.54) is 44.9 Å². The maximum atomic E-state index is 10.3. The zero-order valence-corrected chi connectivity index (χ0v) is 14.3. The van der Waals surface area contributed by atoms with Crippen LogP contribution in [0.4, 0.5) is 0 Å². The van der Waals surface area contributed by atoms with Gasteiger partial charge in [-0.05, 0) is 51.4 Å². The van der Waals surface area contributed by atoms with E-state index in [1.807, 2.05) is 0 Å². The molecule has 0 radical (unpaired) electrons. The Morgan fingerprint density at radius 3 is 1.77 bits per heavy atom. The summed E-state index contributed by atoms with van der Waals surface area (Å²) in [5, 5.41) is 8.51. The predicted molar refractivity (Wildman–Crippen MR) is 96.1 cm³/mol. The lowest BCUT2D eigenvalue weighted by molar-refractivity contribution is -0.137. The molecule has 0 aliphatic heterocycles.